The second-order valence-corrected chi connectivity index (χ2v) is 9.27. The quantitative estimate of drug-likeness (QED) is 0.676. The summed E-state index contributed by atoms with van der Waals surface area (Å²) in [5.74, 6) is 1.00. The Bertz CT molecular complexity index is 1240. The van der Waals surface area contributed by atoms with Crippen LogP contribution in [0.2, 0.25) is 5.02 Å². The highest BCUT2D eigenvalue weighted by molar-refractivity contribution is 6.31. The van der Waals surface area contributed by atoms with E-state index in [1.54, 1.807) is 6.07 Å². The molecule has 148 valence electrons. The smallest absolute Gasteiger partial charge is 0.268 e. The monoisotopic (exact) mass is 407 g/mol. The van der Waals surface area contributed by atoms with E-state index in [1.807, 2.05) is 13.0 Å². The number of H-pyrrole nitrogens is 1. The number of primary amides is 1. The fourth-order valence-electron chi connectivity index (χ4n) is 5.24. The predicted octanol–water partition coefficient (Wildman–Crippen LogP) is 4.34. The zero-order valence-corrected chi connectivity index (χ0v) is 17.1. The molecule has 2 aromatic heterocycles. The van der Waals surface area contributed by atoms with E-state index in [2.05, 4.69) is 23.0 Å². The van der Waals surface area contributed by atoms with Crippen LogP contribution in [0.15, 0.2) is 35.3 Å². The van der Waals surface area contributed by atoms with E-state index in [1.165, 1.54) is 37.1 Å². The summed E-state index contributed by atoms with van der Waals surface area (Å²) < 4.78 is 0. The van der Waals surface area contributed by atoms with Gasteiger partial charge in [0.25, 0.3) is 5.91 Å². The maximum Gasteiger partial charge on any atom is 0.268 e. The molecule has 2 unspecified atom stereocenters. The van der Waals surface area contributed by atoms with Gasteiger partial charge < -0.3 is 10.7 Å². The molecule has 2 heterocycles. The minimum atomic E-state index is -0.722. The average molecular weight is 408 g/mol. The Morgan fingerprint density at radius 1 is 1.28 bits per heavy atom. The highest BCUT2D eigenvalue weighted by atomic mass is 35.5. The maximum absolute atomic E-state index is 12.8. The van der Waals surface area contributed by atoms with E-state index in [-0.39, 0.29) is 21.9 Å². The number of hydrogen-bond donors (Lipinski definition) is 2. The van der Waals surface area contributed by atoms with Gasteiger partial charge in [-0.2, -0.15) is 0 Å². The van der Waals surface area contributed by atoms with Crippen LogP contribution >= 0.6 is 11.6 Å². The van der Waals surface area contributed by atoms with Gasteiger partial charge >= 0.3 is 0 Å². The van der Waals surface area contributed by atoms with Crippen LogP contribution in [0.1, 0.15) is 47.8 Å². The number of aromatic nitrogens is 2. The van der Waals surface area contributed by atoms with Gasteiger partial charge in [0.05, 0.1) is 16.6 Å². The maximum atomic E-state index is 12.8. The first kappa shape index (κ1) is 18.4. The van der Waals surface area contributed by atoms with E-state index >= 15 is 0 Å². The SMILES string of the molecule is Cc1cc(C2(C)CC3CC3C2)c(Cl)cc1-c1cc(=O)c2c(C(N)=O)nccc2[nH]1. The van der Waals surface area contributed by atoms with Crippen LogP contribution in [0, 0.1) is 18.8 Å². The number of carbonyl (C=O) groups is 1. The molecule has 2 saturated carbocycles. The lowest BCUT2D eigenvalue weighted by atomic mass is 9.77. The lowest BCUT2D eigenvalue weighted by molar-refractivity contribution is 0.0997. The molecule has 0 bridgehead atoms. The number of fused-ring (bicyclic) bond motifs is 2. The Kier molecular flexibility index (Phi) is 3.91. The van der Waals surface area contributed by atoms with E-state index in [0.717, 1.165) is 28.0 Å². The Morgan fingerprint density at radius 3 is 2.69 bits per heavy atom. The number of carbonyl (C=O) groups excluding carboxylic acids is 1. The summed E-state index contributed by atoms with van der Waals surface area (Å²) in [5.41, 5.74) is 9.52. The molecular weight excluding hydrogens is 386 g/mol. The molecule has 1 amide bonds. The van der Waals surface area contributed by atoms with Crippen LogP contribution in [-0.4, -0.2) is 15.9 Å². The highest BCUT2D eigenvalue weighted by Crippen LogP contribution is 2.61. The number of nitrogens with one attached hydrogen (secondary N) is 1. The van der Waals surface area contributed by atoms with Crippen LogP contribution in [0.5, 0.6) is 0 Å². The van der Waals surface area contributed by atoms with Gasteiger partial charge in [-0.25, -0.2) is 0 Å². The van der Waals surface area contributed by atoms with E-state index in [4.69, 9.17) is 17.3 Å². The second-order valence-electron chi connectivity index (χ2n) is 8.87. The number of rotatable bonds is 3. The third-order valence-electron chi connectivity index (χ3n) is 6.72. The van der Waals surface area contributed by atoms with Crippen LogP contribution in [0.3, 0.4) is 0 Å². The number of pyridine rings is 2. The van der Waals surface area contributed by atoms with Gasteiger partial charge in [-0.1, -0.05) is 24.6 Å². The van der Waals surface area contributed by atoms with Gasteiger partial charge in [0.2, 0.25) is 0 Å². The average Bonchev–Trinajstić information content (AvgIpc) is 3.29. The number of halogens is 1. The first-order valence-electron chi connectivity index (χ1n) is 9.90. The fraction of sp³-hybridized carbons (Fsp3) is 0.348. The second kappa shape index (κ2) is 6.17. The van der Waals surface area contributed by atoms with Crippen LogP contribution < -0.4 is 11.2 Å². The molecule has 2 atom stereocenters. The standard InChI is InChI=1S/C23H22ClN3O2/c1-11-5-15(23(2)9-12-6-13(12)10-23)16(24)7-14(11)18-8-19(28)20-17(27-18)3-4-26-21(20)22(25)29/h3-5,7-8,12-13H,6,9-10H2,1-2H3,(H2,25,29)(H,27,28). The summed E-state index contributed by atoms with van der Waals surface area (Å²) >= 11 is 6.75. The normalized spacial score (nSPS) is 25.2. The number of amides is 1. The summed E-state index contributed by atoms with van der Waals surface area (Å²) in [6.45, 7) is 4.36. The molecular formula is C23H22ClN3O2. The van der Waals surface area contributed by atoms with Gasteiger partial charge in [0, 0.05) is 22.8 Å². The molecule has 3 N–H and O–H groups in total. The molecule has 6 heteroatoms. The van der Waals surface area contributed by atoms with Crippen molar-refractivity contribution in [3.63, 3.8) is 0 Å². The summed E-state index contributed by atoms with van der Waals surface area (Å²) in [5, 5.41) is 0.949. The van der Waals surface area contributed by atoms with Crippen LogP contribution in [-0.2, 0) is 5.41 Å². The molecule has 5 rings (SSSR count). The topological polar surface area (TPSA) is 88.8 Å². The van der Waals surface area contributed by atoms with Crippen molar-refractivity contribution in [1.29, 1.82) is 0 Å². The molecule has 0 saturated heterocycles. The molecule has 29 heavy (non-hydrogen) atoms. The van der Waals surface area contributed by atoms with E-state index < -0.39 is 5.91 Å². The van der Waals surface area contributed by atoms with Gasteiger partial charge in [0.1, 0.15) is 5.69 Å². The lowest BCUT2D eigenvalue weighted by Gasteiger charge is -2.28. The minimum Gasteiger partial charge on any atom is -0.364 e. The molecule has 1 aromatic carbocycles. The third kappa shape index (κ3) is 2.87. The highest BCUT2D eigenvalue weighted by Gasteiger charge is 2.52. The molecule has 0 aliphatic heterocycles. The van der Waals surface area contributed by atoms with Crippen molar-refractivity contribution < 1.29 is 4.79 Å². The van der Waals surface area contributed by atoms with Crippen molar-refractivity contribution in [2.24, 2.45) is 17.6 Å². The molecule has 2 aliphatic carbocycles. The fourth-order valence-corrected chi connectivity index (χ4v) is 5.63. The van der Waals surface area contributed by atoms with Crippen molar-refractivity contribution >= 4 is 28.4 Å². The minimum absolute atomic E-state index is 0.0203. The van der Waals surface area contributed by atoms with Gasteiger partial charge in [-0.05, 0) is 66.7 Å². The van der Waals surface area contributed by atoms with Crippen LogP contribution in [0.4, 0.5) is 0 Å². The molecule has 2 aliphatic rings. The van der Waals surface area contributed by atoms with Gasteiger partial charge in [-0.3, -0.25) is 14.6 Å². The van der Waals surface area contributed by atoms with Gasteiger partial charge in [-0.15, -0.1) is 0 Å². The molecule has 5 nitrogen and oxygen atoms in total. The van der Waals surface area contributed by atoms with Crippen molar-refractivity contribution in [1.82, 2.24) is 9.97 Å². The van der Waals surface area contributed by atoms with Crippen LogP contribution in [0.25, 0.3) is 22.2 Å². The Hall–Kier alpha value is -2.66. The summed E-state index contributed by atoms with van der Waals surface area (Å²) in [6, 6.07) is 7.28. The number of nitrogens with two attached hydrogens (primary N) is 1. The third-order valence-corrected chi connectivity index (χ3v) is 7.04. The number of hydrogen-bond acceptors (Lipinski definition) is 3. The number of nitrogens with zero attached hydrogens (tertiary/aromatic N) is 1. The first-order valence-corrected chi connectivity index (χ1v) is 10.3. The van der Waals surface area contributed by atoms with Crippen molar-refractivity contribution in [3.8, 4) is 11.3 Å². The van der Waals surface area contributed by atoms with Gasteiger partial charge in [0.15, 0.2) is 5.43 Å². The largest absolute Gasteiger partial charge is 0.364 e. The predicted molar refractivity (Wildman–Crippen MR) is 114 cm³/mol. The molecule has 0 radical (unpaired) electrons. The number of benzene rings is 1. The number of aromatic amines is 1. The van der Waals surface area contributed by atoms with Crippen molar-refractivity contribution in [2.45, 2.75) is 38.5 Å². The zero-order valence-electron chi connectivity index (χ0n) is 16.4. The van der Waals surface area contributed by atoms with E-state index in [9.17, 15) is 9.59 Å². The molecule has 0 spiro atoms. The molecule has 2 fully saturated rings. The zero-order chi connectivity index (χ0) is 20.5. The lowest BCUT2D eigenvalue weighted by Crippen LogP contribution is -2.20. The van der Waals surface area contributed by atoms with E-state index in [0.29, 0.717) is 11.2 Å². The Balaban J connectivity index is 1.63. The molecule has 3 aromatic rings. The van der Waals surface area contributed by atoms with Crippen molar-refractivity contribution in [2.75, 3.05) is 0 Å². The summed E-state index contributed by atoms with van der Waals surface area (Å²) in [4.78, 5) is 31.6. The number of aryl methyl sites for hydroxylation is 1. The summed E-state index contributed by atoms with van der Waals surface area (Å²) in [6.07, 6.45) is 5.24. The van der Waals surface area contributed by atoms with Crippen molar-refractivity contribution in [3.05, 3.63) is 62.5 Å². The first-order chi connectivity index (χ1) is 13.8. The Labute approximate surface area is 173 Å². The Morgan fingerprint density at radius 2 is 2.00 bits per heavy atom. The summed E-state index contributed by atoms with van der Waals surface area (Å²) in [7, 11) is 0.